The van der Waals surface area contributed by atoms with Crippen LogP contribution in [0.1, 0.15) is 6.92 Å². The molecule has 13 heavy (non-hydrogen) atoms. The third kappa shape index (κ3) is 1.77. The predicted octanol–water partition coefficient (Wildman–Crippen LogP) is -1.69. The van der Waals surface area contributed by atoms with Gasteiger partial charge in [0.25, 0.3) is 0 Å². The lowest BCUT2D eigenvalue weighted by atomic mass is 10.2. The lowest BCUT2D eigenvalue weighted by Crippen LogP contribution is -2.34. The highest BCUT2D eigenvalue weighted by Crippen LogP contribution is 2.48. The maximum Gasteiger partial charge on any atom is 0.347 e. The zero-order chi connectivity index (χ0) is 10.4. The molecule has 0 unspecified atom stereocenters. The number of nitrogens with zero attached hydrogens (tertiary/aromatic N) is 1. The second-order valence-corrected chi connectivity index (χ2v) is 4.81. The largest absolute Gasteiger partial charge is 0.389 e. The number of aliphatic hydroxyl groups is 2. The van der Waals surface area contributed by atoms with Crippen molar-refractivity contribution >= 4 is 7.60 Å². The van der Waals surface area contributed by atoms with E-state index in [1.165, 1.54) is 6.92 Å². The third-order valence-electron chi connectivity index (χ3n) is 2.18. The Balaban J connectivity index is 2.94. The first kappa shape index (κ1) is 11.1. The Morgan fingerprint density at radius 2 is 1.69 bits per heavy atom. The number of aliphatic hydroxyl groups excluding tert-OH is 2. The van der Waals surface area contributed by atoms with Crippen LogP contribution in [0.25, 0.3) is 0 Å². The molecule has 78 valence electrons. The van der Waals surface area contributed by atoms with Crippen LogP contribution in [0.4, 0.5) is 0 Å². The van der Waals surface area contributed by atoms with Crippen LogP contribution in [0, 0.1) is 0 Å². The van der Waals surface area contributed by atoms with Crippen molar-refractivity contribution in [3.8, 4) is 0 Å². The molecule has 0 aromatic heterocycles. The number of rotatable bonds is 1. The van der Waals surface area contributed by atoms with Crippen molar-refractivity contribution < 1.29 is 29.8 Å². The van der Waals surface area contributed by atoms with Gasteiger partial charge in [0.2, 0.25) is 0 Å². The molecule has 0 radical (unpaired) electrons. The summed E-state index contributed by atoms with van der Waals surface area (Å²) in [5.41, 5.74) is 0. The van der Waals surface area contributed by atoms with Crippen LogP contribution in [0.5, 0.6) is 0 Å². The van der Waals surface area contributed by atoms with E-state index in [2.05, 4.69) is 0 Å². The molecule has 1 fully saturated rings. The average molecular weight is 213 g/mol. The van der Waals surface area contributed by atoms with Crippen molar-refractivity contribution in [2.24, 2.45) is 0 Å². The minimum atomic E-state index is -4.63. The van der Waals surface area contributed by atoms with Crippen LogP contribution in [0.2, 0.25) is 0 Å². The lowest BCUT2D eigenvalue weighted by Gasteiger charge is -2.22. The Hall–Kier alpha value is -0.0100. The molecule has 1 rings (SSSR count). The summed E-state index contributed by atoms with van der Waals surface area (Å²) in [6.45, 7) is 1.35. The molecule has 1 aliphatic heterocycles. The van der Waals surface area contributed by atoms with E-state index in [0.717, 1.165) is 0 Å². The van der Waals surface area contributed by atoms with E-state index in [0.29, 0.717) is 5.06 Å². The quantitative estimate of drug-likeness (QED) is 0.329. The Kier molecular flexibility index (Phi) is 2.80. The van der Waals surface area contributed by atoms with Crippen LogP contribution >= 0.6 is 7.60 Å². The molecular formula is C5H12NO6P. The van der Waals surface area contributed by atoms with Gasteiger partial charge in [-0.05, 0) is 6.92 Å². The van der Waals surface area contributed by atoms with E-state index in [4.69, 9.17) is 15.0 Å². The van der Waals surface area contributed by atoms with Crippen molar-refractivity contribution in [1.29, 1.82) is 0 Å². The zero-order valence-electron chi connectivity index (χ0n) is 6.85. The molecule has 0 aromatic carbocycles. The van der Waals surface area contributed by atoms with E-state index in [9.17, 15) is 14.8 Å². The predicted molar refractivity (Wildman–Crippen MR) is 40.9 cm³/mol. The van der Waals surface area contributed by atoms with Gasteiger partial charge < -0.3 is 25.2 Å². The second-order valence-electron chi connectivity index (χ2n) is 3.10. The SMILES string of the molecule is C[C@H]1[C@@H](O)[C@@H](O)[C@H](P(=O)(O)O)N1O. The van der Waals surface area contributed by atoms with Gasteiger partial charge in [-0.2, -0.15) is 5.06 Å². The van der Waals surface area contributed by atoms with Crippen LogP contribution < -0.4 is 0 Å². The standard InChI is InChI=1S/C5H12NO6P/c1-2-3(7)4(8)5(6(2)9)13(10,11)12/h2-5,7-9H,1H3,(H2,10,11,12)/t2-,3+,4+,5-/m0/s1. The van der Waals surface area contributed by atoms with E-state index < -0.39 is 31.6 Å². The van der Waals surface area contributed by atoms with Gasteiger partial charge in [0.05, 0.1) is 12.1 Å². The molecule has 4 atom stereocenters. The van der Waals surface area contributed by atoms with Gasteiger partial charge in [-0.1, -0.05) is 0 Å². The van der Waals surface area contributed by atoms with Gasteiger partial charge in [-0.15, -0.1) is 0 Å². The molecule has 0 aliphatic carbocycles. The summed E-state index contributed by atoms with van der Waals surface area (Å²) in [6.07, 6.45) is -3.00. The van der Waals surface area contributed by atoms with Crippen LogP contribution in [-0.2, 0) is 4.57 Å². The van der Waals surface area contributed by atoms with Crippen molar-refractivity contribution in [1.82, 2.24) is 5.06 Å². The molecule has 0 saturated carbocycles. The molecule has 1 saturated heterocycles. The summed E-state index contributed by atoms with van der Waals surface area (Å²) < 4.78 is 10.8. The maximum atomic E-state index is 10.8. The van der Waals surface area contributed by atoms with E-state index in [1.807, 2.05) is 0 Å². The van der Waals surface area contributed by atoms with Crippen molar-refractivity contribution in [2.45, 2.75) is 31.0 Å². The van der Waals surface area contributed by atoms with Crippen LogP contribution in [0.3, 0.4) is 0 Å². The van der Waals surface area contributed by atoms with Crippen molar-refractivity contribution in [2.75, 3.05) is 0 Å². The first-order valence-electron chi connectivity index (χ1n) is 3.65. The number of hydroxylamine groups is 2. The van der Waals surface area contributed by atoms with Crippen LogP contribution in [-0.4, -0.2) is 54.3 Å². The zero-order valence-corrected chi connectivity index (χ0v) is 7.74. The van der Waals surface area contributed by atoms with E-state index in [1.54, 1.807) is 0 Å². The monoisotopic (exact) mass is 213 g/mol. The second kappa shape index (κ2) is 3.29. The fourth-order valence-electron chi connectivity index (χ4n) is 1.37. The molecule has 5 N–H and O–H groups in total. The maximum absolute atomic E-state index is 10.8. The van der Waals surface area contributed by atoms with Crippen LogP contribution in [0.15, 0.2) is 0 Å². The highest BCUT2D eigenvalue weighted by molar-refractivity contribution is 7.52. The molecule has 0 bridgehead atoms. The molecule has 0 aromatic rings. The van der Waals surface area contributed by atoms with Gasteiger partial charge >= 0.3 is 7.60 Å². The van der Waals surface area contributed by atoms with Gasteiger partial charge in [-0.3, -0.25) is 4.57 Å². The molecular weight excluding hydrogens is 201 g/mol. The van der Waals surface area contributed by atoms with Gasteiger partial charge in [0, 0.05) is 0 Å². The fourth-order valence-corrected chi connectivity index (χ4v) is 2.46. The Bertz CT molecular complexity index is 227. The molecule has 1 aliphatic rings. The third-order valence-corrected chi connectivity index (χ3v) is 3.41. The van der Waals surface area contributed by atoms with E-state index in [-0.39, 0.29) is 0 Å². The first-order valence-corrected chi connectivity index (χ1v) is 5.33. The number of hydrogen-bond acceptors (Lipinski definition) is 5. The highest BCUT2D eigenvalue weighted by Gasteiger charge is 2.53. The molecule has 0 amide bonds. The molecule has 7 nitrogen and oxygen atoms in total. The first-order chi connectivity index (χ1) is 5.76. The minimum absolute atomic E-state index is 0.302. The van der Waals surface area contributed by atoms with Crippen molar-refractivity contribution in [3.63, 3.8) is 0 Å². The van der Waals surface area contributed by atoms with Gasteiger partial charge in [-0.25, -0.2) is 0 Å². The summed E-state index contributed by atoms with van der Waals surface area (Å²) in [6, 6.07) is -0.896. The lowest BCUT2D eigenvalue weighted by molar-refractivity contribution is -0.125. The van der Waals surface area contributed by atoms with Crippen molar-refractivity contribution in [3.05, 3.63) is 0 Å². The summed E-state index contributed by atoms with van der Waals surface area (Å²) in [7, 11) is -4.63. The summed E-state index contributed by atoms with van der Waals surface area (Å²) in [4.78, 5) is 17.5. The van der Waals surface area contributed by atoms with E-state index >= 15 is 0 Å². The summed E-state index contributed by atoms with van der Waals surface area (Å²) >= 11 is 0. The summed E-state index contributed by atoms with van der Waals surface area (Å²) in [5.74, 6) is -1.74. The Morgan fingerprint density at radius 1 is 1.23 bits per heavy atom. The molecule has 8 heteroatoms. The highest BCUT2D eigenvalue weighted by atomic mass is 31.2. The summed E-state index contributed by atoms with van der Waals surface area (Å²) in [5, 5.41) is 27.8. The normalized spacial score (nSPS) is 42.6. The van der Waals surface area contributed by atoms with Gasteiger partial charge in [0.15, 0.2) is 5.78 Å². The fraction of sp³-hybridized carbons (Fsp3) is 1.00. The molecule has 0 spiro atoms. The Labute approximate surface area is 74.3 Å². The number of hydrogen-bond donors (Lipinski definition) is 5. The van der Waals surface area contributed by atoms with Gasteiger partial charge in [0.1, 0.15) is 6.10 Å². The smallest absolute Gasteiger partial charge is 0.347 e. The average Bonchev–Trinajstić information content (AvgIpc) is 2.14. The Morgan fingerprint density at radius 3 is 1.85 bits per heavy atom. The topological polar surface area (TPSA) is 121 Å². The molecule has 1 heterocycles. The minimum Gasteiger partial charge on any atom is -0.389 e.